The topological polar surface area (TPSA) is 88.2 Å². The zero-order valence-corrected chi connectivity index (χ0v) is 38.9. The summed E-state index contributed by atoms with van der Waals surface area (Å²) in [5.74, 6) is -0.0577. The predicted molar refractivity (Wildman–Crippen MR) is 245 cm³/mol. The first-order valence-corrected chi connectivity index (χ1v) is 25.6. The fourth-order valence-corrected chi connectivity index (χ4v) is 8.26. The fourth-order valence-electron chi connectivity index (χ4n) is 8.26. The van der Waals surface area contributed by atoms with Crippen LogP contribution in [0.5, 0.6) is 0 Å². The molecule has 0 aliphatic carbocycles. The summed E-state index contributed by atoms with van der Waals surface area (Å²) in [7, 11) is 0. The number of nitrogens with one attached hydrogen (secondary N) is 1. The number of ether oxygens (including phenoxy) is 2. The number of rotatable bonds is 42. The van der Waals surface area contributed by atoms with E-state index in [1.54, 1.807) is 0 Å². The molecule has 58 heavy (non-hydrogen) atoms. The number of likely N-dealkylation sites (tertiary alicyclic amines) is 1. The smallest absolute Gasteiger partial charge is 0.317 e. The molecule has 1 aliphatic rings. The lowest BCUT2D eigenvalue weighted by Gasteiger charge is -2.27. The lowest BCUT2D eigenvalue weighted by molar-refractivity contribution is -0.150. The molecular formula is C50H97N3O5. The molecule has 0 bridgehead atoms. The van der Waals surface area contributed by atoms with Crippen LogP contribution in [-0.4, -0.2) is 79.7 Å². The molecule has 8 heteroatoms. The average Bonchev–Trinajstić information content (AvgIpc) is 3.22. The number of carbonyl (C=O) groups is 3. The summed E-state index contributed by atoms with van der Waals surface area (Å²) in [6, 6.07) is 0.0694. The molecule has 0 aromatic heterocycles. The molecule has 8 nitrogen and oxygen atoms in total. The van der Waals surface area contributed by atoms with E-state index >= 15 is 0 Å². The van der Waals surface area contributed by atoms with Gasteiger partial charge >= 0.3 is 18.0 Å². The summed E-state index contributed by atoms with van der Waals surface area (Å²) >= 11 is 0. The van der Waals surface area contributed by atoms with E-state index in [0.29, 0.717) is 26.0 Å². The quantitative estimate of drug-likeness (QED) is 0.0487. The minimum Gasteiger partial charge on any atom is -0.466 e. The second-order valence-electron chi connectivity index (χ2n) is 17.7. The van der Waals surface area contributed by atoms with Crippen molar-refractivity contribution in [3.05, 3.63) is 0 Å². The number of carbonyl (C=O) groups excluding carboxylic acids is 3. The number of unbranched alkanes of at least 4 members (excludes halogenated alkanes) is 24. The van der Waals surface area contributed by atoms with Crippen molar-refractivity contribution in [1.82, 2.24) is 15.1 Å². The van der Waals surface area contributed by atoms with Gasteiger partial charge in [0.15, 0.2) is 0 Å². The van der Waals surface area contributed by atoms with E-state index in [-0.39, 0.29) is 24.1 Å². The first-order chi connectivity index (χ1) is 28.5. The third-order valence-electron chi connectivity index (χ3n) is 12.1. The van der Waals surface area contributed by atoms with Gasteiger partial charge in [0.1, 0.15) is 6.10 Å². The Morgan fingerprint density at radius 1 is 0.517 bits per heavy atom. The van der Waals surface area contributed by atoms with Gasteiger partial charge in [0.05, 0.1) is 6.61 Å². The standard InChI is InChI=1S/C50H97N3O5/c1-4-7-10-13-16-25-35-46-57-48(54)38-29-21-17-23-33-43-53(50(56)51-40-45-52-41-31-26-32-42-52)44-34-24-18-22-30-39-49(55)58-47(36-27-19-14-11-8-5-2)37-28-20-15-12-9-6-3/h47H,4-46H2,1-3H3,(H,51,56). The van der Waals surface area contributed by atoms with Crippen LogP contribution in [0.1, 0.15) is 252 Å². The van der Waals surface area contributed by atoms with E-state index in [2.05, 4.69) is 31.0 Å². The van der Waals surface area contributed by atoms with Gasteiger partial charge in [-0.3, -0.25) is 9.59 Å². The lowest BCUT2D eigenvalue weighted by atomic mass is 10.0. The number of hydrogen-bond acceptors (Lipinski definition) is 6. The predicted octanol–water partition coefficient (Wildman–Crippen LogP) is 13.9. The van der Waals surface area contributed by atoms with Gasteiger partial charge in [0, 0.05) is 39.0 Å². The summed E-state index contributed by atoms with van der Waals surface area (Å²) in [5.41, 5.74) is 0. The van der Waals surface area contributed by atoms with Crippen molar-refractivity contribution in [3.8, 4) is 0 Å². The summed E-state index contributed by atoms with van der Waals surface area (Å²) in [6.07, 6.45) is 41.0. The summed E-state index contributed by atoms with van der Waals surface area (Å²) < 4.78 is 11.5. The Bertz CT molecular complexity index is 911. The number of amides is 2. The summed E-state index contributed by atoms with van der Waals surface area (Å²) in [6.45, 7) is 12.8. The van der Waals surface area contributed by atoms with Gasteiger partial charge in [-0.2, -0.15) is 0 Å². The molecular weight excluding hydrogens is 723 g/mol. The van der Waals surface area contributed by atoms with E-state index in [9.17, 15) is 14.4 Å². The van der Waals surface area contributed by atoms with Crippen LogP contribution in [0.25, 0.3) is 0 Å². The molecule has 0 spiro atoms. The normalized spacial score (nSPS) is 13.2. The van der Waals surface area contributed by atoms with Crippen molar-refractivity contribution in [3.63, 3.8) is 0 Å². The third-order valence-corrected chi connectivity index (χ3v) is 12.1. The van der Waals surface area contributed by atoms with Crippen LogP contribution in [0.3, 0.4) is 0 Å². The van der Waals surface area contributed by atoms with Gasteiger partial charge in [-0.25, -0.2) is 4.79 Å². The maximum atomic E-state index is 13.3. The molecule has 0 saturated carbocycles. The van der Waals surface area contributed by atoms with Gasteiger partial charge in [0.25, 0.3) is 0 Å². The highest BCUT2D eigenvalue weighted by Gasteiger charge is 2.16. The van der Waals surface area contributed by atoms with Crippen LogP contribution in [0.4, 0.5) is 4.79 Å². The number of nitrogens with zero attached hydrogens (tertiary/aromatic N) is 2. The lowest BCUT2D eigenvalue weighted by Crippen LogP contribution is -2.44. The number of esters is 2. The molecule has 1 N–H and O–H groups in total. The first-order valence-electron chi connectivity index (χ1n) is 25.6. The third kappa shape index (κ3) is 35.0. The molecule has 0 aromatic rings. The molecule has 0 radical (unpaired) electrons. The van der Waals surface area contributed by atoms with Crippen LogP contribution in [0, 0.1) is 0 Å². The molecule has 1 heterocycles. The highest BCUT2D eigenvalue weighted by Crippen LogP contribution is 2.19. The first kappa shape index (κ1) is 54.2. The molecule has 0 atom stereocenters. The molecule has 2 amide bonds. The van der Waals surface area contributed by atoms with Crippen LogP contribution >= 0.6 is 0 Å². The zero-order valence-electron chi connectivity index (χ0n) is 38.9. The molecule has 1 rings (SSSR count). The number of urea groups is 1. The Hall–Kier alpha value is -1.83. The molecule has 1 fully saturated rings. The monoisotopic (exact) mass is 820 g/mol. The Labute approximate surface area is 359 Å². The molecule has 1 saturated heterocycles. The number of hydrogen-bond donors (Lipinski definition) is 1. The van der Waals surface area contributed by atoms with Gasteiger partial charge in [-0.15, -0.1) is 0 Å². The maximum absolute atomic E-state index is 13.3. The van der Waals surface area contributed by atoms with E-state index in [4.69, 9.17) is 9.47 Å². The van der Waals surface area contributed by atoms with E-state index in [0.717, 1.165) is 123 Å². The van der Waals surface area contributed by atoms with Gasteiger partial charge in [-0.1, -0.05) is 168 Å². The second kappa shape index (κ2) is 41.9. The SMILES string of the molecule is CCCCCCCCCOC(=O)CCCCCCCN(CCCCCCCC(=O)OC(CCCCCCCC)CCCCCCCC)C(=O)NCCN1CCCCC1. The summed E-state index contributed by atoms with van der Waals surface area (Å²) in [5, 5.41) is 3.22. The van der Waals surface area contributed by atoms with Crippen molar-refractivity contribution >= 4 is 18.0 Å². The van der Waals surface area contributed by atoms with Crippen molar-refractivity contribution < 1.29 is 23.9 Å². The van der Waals surface area contributed by atoms with Crippen molar-refractivity contribution in [2.75, 3.05) is 45.9 Å². The van der Waals surface area contributed by atoms with Crippen LogP contribution < -0.4 is 5.32 Å². The second-order valence-corrected chi connectivity index (χ2v) is 17.7. The van der Waals surface area contributed by atoms with Crippen molar-refractivity contribution in [2.45, 2.75) is 258 Å². The van der Waals surface area contributed by atoms with Crippen LogP contribution in [0.15, 0.2) is 0 Å². The number of piperidine rings is 1. The highest BCUT2D eigenvalue weighted by molar-refractivity contribution is 5.74. The fraction of sp³-hybridized carbons (Fsp3) is 0.940. The largest absolute Gasteiger partial charge is 0.466 e. The van der Waals surface area contributed by atoms with E-state index < -0.39 is 0 Å². The maximum Gasteiger partial charge on any atom is 0.317 e. The molecule has 0 aromatic carbocycles. The minimum atomic E-state index is -0.0513. The van der Waals surface area contributed by atoms with Gasteiger partial charge in [0.2, 0.25) is 0 Å². The Morgan fingerprint density at radius 3 is 1.47 bits per heavy atom. The molecule has 1 aliphatic heterocycles. The van der Waals surface area contributed by atoms with Crippen LogP contribution in [-0.2, 0) is 19.1 Å². The molecule has 342 valence electrons. The minimum absolute atomic E-state index is 0.00639. The Morgan fingerprint density at radius 2 is 0.948 bits per heavy atom. The van der Waals surface area contributed by atoms with E-state index in [1.165, 1.54) is 128 Å². The van der Waals surface area contributed by atoms with Crippen molar-refractivity contribution in [2.24, 2.45) is 0 Å². The Kier molecular flexibility index (Phi) is 39.1. The zero-order chi connectivity index (χ0) is 42.0. The van der Waals surface area contributed by atoms with Gasteiger partial charge < -0.3 is 24.6 Å². The van der Waals surface area contributed by atoms with E-state index in [1.807, 2.05) is 4.90 Å². The molecule has 0 unspecified atom stereocenters. The highest BCUT2D eigenvalue weighted by atomic mass is 16.5. The Balaban J connectivity index is 2.34. The summed E-state index contributed by atoms with van der Waals surface area (Å²) in [4.78, 5) is 42.8. The van der Waals surface area contributed by atoms with Crippen LogP contribution in [0.2, 0.25) is 0 Å². The average molecular weight is 820 g/mol. The van der Waals surface area contributed by atoms with Gasteiger partial charge in [-0.05, 0) is 83.7 Å². The van der Waals surface area contributed by atoms with Crippen molar-refractivity contribution in [1.29, 1.82) is 0 Å².